The molecule has 1 aliphatic rings. The van der Waals surface area contributed by atoms with E-state index in [2.05, 4.69) is 15.2 Å². The summed E-state index contributed by atoms with van der Waals surface area (Å²) in [5.41, 5.74) is 1.63. The van der Waals surface area contributed by atoms with Gasteiger partial charge < -0.3 is 10.3 Å². The molecule has 7 heteroatoms. The molecular weight excluding hydrogens is 329 g/mol. The predicted molar refractivity (Wildman–Crippen MR) is 88.5 cm³/mol. The maximum absolute atomic E-state index is 11.8. The fourth-order valence-electron chi connectivity index (χ4n) is 2.45. The maximum Gasteiger partial charge on any atom is 0.305 e. The van der Waals surface area contributed by atoms with E-state index in [0.29, 0.717) is 10.0 Å². The summed E-state index contributed by atoms with van der Waals surface area (Å²) in [5.74, 6) is 0. The molecule has 2 N–H and O–H groups in total. The van der Waals surface area contributed by atoms with Crippen molar-refractivity contribution in [2.45, 2.75) is 6.54 Å². The first-order chi connectivity index (χ1) is 10.1. The molecule has 2 heterocycles. The number of nitrogens with zero attached hydrogens (tertiary/aromatic N) is 1. The lowest BCUT2D eigenvalue weighted by atomic mass is 10.1. The molecule has 0 spiro atoms. The molecule has 0 atom stereocenters. The molecule has 2 aromatic rings. The van der Waals surface area contributed by atoms with Gasteiger partial charge in [0.25, 0.3) is 0 Å². The number of nitrogens with one attached hydrogen (secondary N) is 2. The highest BCUT2D eigenvalue weighted by atomic mass is 35.5. The molecule has 0 unspecified atom stereocenters. The van der Waals surface area contributed by atoms with Crippen LogP contribution in [0.3, 0.4) is 0 Å². The van der Waals surface area contributed by atoms with Gasteiger partial charge in [0.15, 0.2) is 0 Å². The van der Waals surface area contributed by atoms with Crippen LogP contribution in [0.2, 0.25) is 10.0 Å². The van der Waals surface area contributed by atoms with Crippen LogP contribution in [-0.4, -0.2) is 36.1 Å². The molecule has 3 rings (SSSR count). The van der Waals surface area contributed by atoms with E-state index in [1.807, 2.05) is 6.07 Å². The van der Waals surface area contributed by atoms with Crippen molar-refractivity contribution in [3.05, 3.63) is 42.8 Å². The molecule has 0 aliphatic carbocycles. The monoisotopic (exact) mass is 343 g/mol. The van der Waals surface area contributed by atoms with Crippen molar-refractivity contribution in [1.29, 1.82) is 0 Å². The Bertz CT molecular complexity index is 692. The van der Waals surface area contributed by atoms with Crippen LogP contribution in [0.5, 0.6) is 0 Å². The van der Waals surface area contributed by atoms with Gasteiger partial charge in [-0.2, -0.15) is 0 Å². The van der Waals surface area contributed by atoms with Gasteiger partial charge in [-0.15, -0.1) is 0 Å². The van der Waals surface area contributed by atoms with E-state index in [9.17, 15) is 4.79 Å². The minimum atomic E-state index is -0.0545. The highest BCUT2D eigenvalue weighted by Crippen LogP contribution is 2.32. The largest absolute Gasteiger partial charge is 0.314 e. The van der Waals surface area contributed by atoms with Gasteiger partial charge in [0.2, 0.25) is 0 Å². The molecule has 1 fully saturated rings. The smallest absolute Gasteiger partial charge is 0.305 e. The Morgan fingerprint density at radius 1 is 1.24 bits per heavy atom. The second-order valence-corrected chi connectivity index (χ2v) is 6.87. The fourth-order valence-corrected chi connectivity index (χ4v) is 3.84. The SMILES string of the molecule is O=c1[nH]c(-c2ccc(Cl)cc2Cl)c(CN2CCNCC2)s1. The second-order valence-electron chi connectivity index (χ2n) is 4.96. The van der Waals surface area contributed by atoms with Crippen LogP contribution in [0.15, 0.2) is 23.0 Å². The number of thiazole rings is 1. The van der Waals surface area contributed by atoms with Crippen LogP contribution < -0.4 is 10.2 Å². The molecule has 1 saturated heterocycles. The summed E-state index contributed by atoms with van der Waals surface area (Å²) in [6.45, 7) is 4.70. The van der Waals surface area contributed by atoms with E-state index in [-0.39, 0.29) is 4.87 Å². The van der Waals surface area contributed by atoms with Gasteiger partial charge in [-0.1, -0.05) is 34.5 Å². The molecule has 0 radical (unpaired) electrons. The Balaban J connectivity index is 1.93. The zero-order valence-corrected chi connectivity index (χ0v) is 13.6. The van der Waals surface area contributed by atoms with Gasteiger partial charge in [-0.25, -0.2) is 0 Å². The lowest BCUT2D eigenvalue weighted by molar-refractivity contribution is 0.235. The van der Waals surface area contributed by atoms with E-state index in [1.54, 1.807) is 12.1 Å². The first-order valence-corrected chi connectivity index (χ1v) is 8.31. The summed E-state index contributed by atoms with van der Waals surface area (Å²) < 4.78 is 0. The van der Waals surface area contributed by atoms with Gasteiger partial charge in [0.1, 0.15) is 0 Å². The summed E-state index contributed by atoms with van der Waals surface area (Å²) >= 11 is 13.4. The van der Waals surface area contributed by atoms with Crippen molar-refractivity contribution in [2.75, 3.05) is 26.2 Å². The third kappa shape index (κ3) is 3.49. The predicted octanol–water partition coefficient (Wildman–Crippen LogP) is 2.82. The van der Waals surface area contributed by atoms with Crippen molar-refractivity contribution in [2.24, 2.45) is 0 Å². The van der Waals surface area contributed by atoms with Gasteiger partial charge in [0, 0.05) is 48.2 Å². The fraction of sp³-hybridized carbons (Fsp3) is 0.357. The Labute approximate surface area is 136 Å². The van der Waals surface area contributed by atoms with E-state index >= 15 is 0 Å². The van der Waals surface area contributed by atoms with Crippen LogP contribution in [-0.2, 0) is 6.54 Å². The van der Waals surface area contributed by atoms with Crippen LogP contribution >= 0.6 is 34.5 Å². The Morgan fingerprint density at radius 2 is 2.00 bits per heavy atom. The Kier molecular flexibility index (Phi) is 4.66. The molecule has 0 saturated carbocycles. The average molecular weight is 344 g/mol. The first kappa shape index (κ1) is 15.1. The van der Waals surface area contributed by atoms with Gasteiger partial charge in [-0.05, 0) is 18.2 Å². The van der Waals surface area contributed by atoms with Crippen molar-refractivity contribution < 1.29 is 0 Å². The van der Waals surface area contributed by atoms with Crippen molar-refractivity contribution >= 4 is 34.5 Å². The van der Waals surface area contributed by atoms with Crippen molar-refractivity contribution in [3.63, 3.8) is 0 Å². The lowest BCUT2D eigenvalue weighted by Crippen LogP contribution is -2.42. The Hall–Kier alpha value is -0.850. The van der Waals surface area contributed by atoms with Crippen LogP contribution in [0.4, 0.5) is 0 Å². The average Bonchev–Trinajstić information content (AvgIpc) is 2.80. The quantitative estimate of drug-likeness (QED) is 0.900. The molecule has 112 valence electrons. The van der Waals surface area contributed by atoms with Gasteiger partial charge >= 0.3 is 4.87 Å². The normalized spacial score (nSPS) is 16.3. The molecule has 1 aliphatic heterocycles. The molecule has 0 bridgehead atoms. The van der Waals surface area contributed by atoms with Crippen molar-refractivity contribution in [3.8, 4) is 11.3 Å². The van der Waals surface area contributed by atoms with Crippen LogP contribution in [0, 0.1) is 0 Å². The number of hydrogen-bond donors (Lipinski definition) is 2. The number of halogens is 2. The molecular formula is C14H15Cl2N3OS. The Morgan fingerprint density at radius 3 is 2.71 bits per heavy atom. The number of hydrogen-bond acceptors (Lipinski definition) is 4. The standard InChI is InChI=1S/C14H15Cl2N3OS/c15-9-1-2-10(11(16)7-9)13-12(21-14(20)18-13)8-19-5-3-17-4-6-19/h1-2,7,17H,3-6,8H2,(H,18,20). The molecule has 4 nitrogen and oxygen atoms in total. The third-order valence-electron chi connectivity index (χ3n) is 3.50. The summed E-state index contributed by atoms with van der Waals surface area (Å²) in [6, 6.07) is 5.33. The minimum absolute atomic E-state index is 0.0545. The van der Waals surface area contributed by atoms with E-state index < -0.39 is 0 Å². The van der Waals surface area contributed by atoms with E-state index in [0.717, 1.165) is 48.9 Å². The van der Waals surface area contributed by atoms with Gasteiger partial charge in [0.05, 0.1) is 10.7 Å². The number of H-pyrrole nitrogens is 1. The second kappa shape index (κ2) is 6.50. The number of benzene rings is 1. The summed E-state index contributed by atoms with van der Waals surface area (Å²) in [7, 11) is 0. The van der Waals surface area contributed by atoms with Crippen LogP contribution in [0.1, 0.15) is 4.88 Å². The zero-order valence-electron chi connectivity index (χ0n) is 11.3. The highest BCUT2D eigenvalue weighted by molar-refractivity contribution is 7.09. The highest BCUT2D eigenvalue weighted by Gasteiger charge is 2.17. The summed E-state index contributed by atoms with van der Waals surface area (Å²) in [6.07, 6.45) is 0. The summed E-state index contributed by atoms with van der Waals surface area (Å²) in [4.78, 5) is 18.0. The van der Waals surface area contributed by atoms with Crippen LogP contribution in [0.25, 0.3) is 11.3 Å². The number of rotatable bonds is 3. The maximum atomic E-state index is 11.8. The number of piperazine rings is 1. The molecule has 0 amide bonds. The first-order valence-electron chi connectivity index (χ1n) is 6.74. The zero-order chi connectivity index (χ0) is 14.8. The third-order valence-corrected chi connectivity index (χ3v) is 4.91. The number of aromatic nitrogens is 1. The molecule has 1 aromatic heterocycles. The molecule has 21 heavy (non-hydrogen) atoms. The topological polar surface area (TPSA) is 48.1 Å². The number of aromatic amines is 1. The van der Waals surface area contributed by atoms with Gasteiger partial charge in [-0.3, -0.25) is 9.69 Å². The lowest BCUT2D eigenvalue weighted by Gasteiger charge is -2.26. The van der Waals surface area contributed by atoms with E-state index in [4.69, 9.17) is 23.2 Å². The summed E-state index contributed by atoms with van der Waals surface area (Å²) in [5, 5.41) is 4.47. The van der Waals surface area contributed by atoms with E-state index in [1.165, 1.54) is 11.3 Å². The minimum Gasteiger partial charge on any atom is -0.314 e. The van der Waals surface area contributed by atoms with Crippen molar-refractivity contribution in [1.82, 2.24) is 15.2 Å². The molecule has 1 aromatic carbocycles.